The highest BCUT2D eigenvalue weighted by atomic mass is 15.4. The molecule has 178 valence electrons. The number of para-hydroxylation sites is 1. The Labute approximate surface area is 220 Å². The van der Waals surface area contributed by atoms with E-state index in [-0.39, 0.29) is 0 Å². The Morgan fingerprint density at radius 3 is 1.66 bits per heavy atom. The van der Waals surface area contributed by atoms with Gasteiger partial charge in [-0.1, -0.05) is 109 Å². The van der Waals surface area contributed by atoms with E-state index in [1.165, 1.54) is 43.8 Å². The van der Waals surface area contributed by atoms with Gasteiger partial charge in [0.1, 0.15) is 0 Å². The zero-order chi connectivity index (χ0) is 25.2. The van der Waals surface area contributed by atoms with Crippen LogP contribution in [-0.4, -0.2) is 10.4 Å². The van der Waals surface area contributed by atoms with Crippen molar-refractivity contribution in [1.29, 1.82) is 5.41 Å². The number of nitrogens with one attached hydrogen (secondary N) is 2. The van der Waals surface area contributed by atoms with Crippen molar-refractivity contribution in [2.45, 2.75) is 0 Å². The van der Waals surface area contributed by atoms with Crippen LogP contribution in [-0.2, 0) is 0 Å². The molecule has 3 heteroatoms. The average Bonchev–Trinajstić information content (AvgIpc) is 3.24. The van der Waals surface area contributed by atoms with Gasteiger partial charge in [0.25, 0.3) is 0 Å². The molecule has 2 N–H and O–H groups in total. The third kappa shape index (κ3) is 2.87. The maximum atomic E-state index is 8.97. The summed E-state index contributed by atoms with van der Waals surface area (Å²) >= 11 is 0. The Bertz CT molecular complexity index is 1970. The van der Waals surface area contributed by atoms with E-state index in [9.17, 15) is 0 Å². The van der Waals surface area contributed by atoms with Gasteiger partial charge in [-0.2, -0.15) is 0 Å². The lowest BCUT2D eigenvalue weighted by Crippen LogP contribution is -2.13. The zero-order valence-electron chi connectivity index (χ0n) is 20.6. The molecule has 1 aliphatic rings. The molecular formula is C35H23N3. The van der Waals surface area contributed by atoms with Gasteiger partial charge in [-0.15, -0.1) is 0 Å². The van der Waals surface area contributed by atoms with Crippen LogP contribution in [0.3, 0.4) is 0 Å². The van der Waals surface area contributed by atoms with Gasteiger partial charge in [0.05, 0.1) is 22.4 Å². The van der Waals surface area contributed by atoms with Gasteiger partial charge in [0, 0.05) is 21.9 Å². The fraction of sp³-hybridized carbons (Fsp3) is 0. The second-order valence-corrected chi connectivity index (χ2v) is 9.84. The molecule has 1 aliphatic carbocycles. The molecule has 0 spiro atoms. The predicted molar refractivity (Wildman–Crippen MR) is 159 cm³/mol. The van der Waals surface area contributed by atoms with Gasteiger partial charge >= 0.3 is 0 Å². The lowest BCUT2D eigenvalue weighted by Gasteiger charge is -2.17. The van der Waals surface area contributed by atoms with Crippen molar-refractivity contribution < 1.29 is 0 Å². The molecule has 0 aliphatic heterocycles. The second-order valence-electron chi connectivity index (χ2n) is 9.84. The Morgan fingerprint density at radius 2 is 1.03 bits per heavy atom. The van der Waals surface area contributed by atoms with E-state index < -0.39 is 0 Å². The van der Waals surface area contributed by atoms with Crippen LogP contribution in [0.5, 0.6) is 0 Å². The Morgan fingerprint density at radius 1 is 0.500 bits per heavy atom. The van der Waals surface area contributed by atoms with E-state index >= 15 is 0 Å². The minimum Gasteiger partial charge on any atom is -0.300 e. The fourth-order valence-corrected chi connectivity index (χ4v) is 6.15. The highest BCUT2D eigenvalue weighted by molar-refractivity contribution is 6.26. The summed E-state index contributed by atoms with van der Waals surface area (Å²) in [5, 5.41) is 14.1. The molecule has 0 bridgehead atoms. The summed E-state index contributed by atoms with van der Waals surface area (Å²) in [5.74, 6) is 0. The minimum absolute atomic E-state index is 0.498. The summed E-state index contributed by atoms with van der Waals surface area (Å²) < 4.78 is 2.20. The number of hydrogen-bond donors (Lipinski definition) is 2. The lowest BCUT2D eigenvalue weighted by atomic mass is 9.93. The Balaban J connectivity index is 1.41. The number of rotatable bonds is 4. The normalized spacial score (nSPS) is 11.8. The van der Waals surface area contributed by atoms with Gasteiger partial charge in [0.15, 0.2) is 0 Å². The van der Waals surface area contributed by atoms with Gasteiger partial charge in [-0.25, -0.2) is 0 Å². The molecule has 0 fully saturated rings. The van der Waals surface area contributed by atoms with Gasteiger partial charge < -0.3 is 0 Å². The van der Waals surface area contributed by atoms with E-state index in [4.69, 9.17) is 5.41 Å². The molecule has 0 amide bonds. The molecule has 1 heterocycles. The molecule has 0 radical (unpaired) electrons. The van der Waals surface area contributed by atoms with Crippen LogP contribution in [0.4, 0.5) is 5.69 Å². The van der Waals surface area contributed by atoms with Crippen LogP contribution in [0.1, 0.15) is 11.1 Å². The van der Waals surface area contributed by atoms with E-state index in [1.807, 2.05) is 48.5 Å². The van der Waals surface area contributed by atoms with Crippen LogP contribution in [0.15, 0.2) is 127 Å². The largest absolute Gasteiger partial charge is 0.300 e. The molecule has 6 aromatic carbocycles. The molecular weight excluding hydrogens is 462 g/mol. The van der Waals surface area contributed by atoms with E-state index in [0.717, 1.165) is 27.8 Å². The van der Waals surface area contributed by atoms with Gasteiger partial charge in [-0.05, 0) is 51.2 Å². The predicted octanol–water partition coefficient (Wildman–Crippen LogP) is 8.89. The zero-order valence-corrected chi connectivity index (χ0v) is 20.6. The molecule has 0 saturated heterocycles. The number of anilines is 1. The quantitative estimate of drug-likeness (QED) is 0.240. The topological polar surface area (TPSA) is 40.8 Å². The summed E-state index contributed by atoms with van der Waals surface area (Å²) in [6.45, 7) is 0. The summed E-state index contributed by atoms with van der Waals surface area (Å²) in [4.78, 5) is 0. The Kier molecular flexibility index (Phi) is 4.38. The summed E-state index contributed by atoms with van der Waals surface area (Å²) in [5.41, 5.74) is 14.2. The van der Waals surface area contributed by atoms with Crippen molar-refractivity contribution in [3.8, 4) is 22.3 Å². The number of benzene rings is 6. The first kappa shape index (κ1) is 21.0. The monoisotopic (exact) mass is 485 g/mol. The van der Waals surface area contributed by atoms with Crippen molar-refractivity contribution in [3.63, 3.8) is 0 Å². The molecule has 7 aromatic rings. The Hall–Kier alpha value is -5.15. The number of fused-ring (bicyclic) bond motifs is 2. The number of nitrogens with zero attached hydrogens (tertiary/aromatic N) is 1. The minimum atomic E-state index is 0.498. The van der Waals surface area contributed by atoms with Crippen LogP contribution in [0.25, 0.3) is 54.8 Å². The van der Waals surface area contributed by atoms with Crippen molar-refractivity contribution >= 4 is 44.0 Å². The SMILES string of the molecule is N=C(c1ccccc1)c1ccccc1Nn1c2cccc3c2c2c(cccc21)-c1cccc2cccc-3c12. The number of hydrogen-bond acceptors (Lipinski definition) is 2. The van der Waals surface area contributed by atoms with Gasteiger partial charge in [0.2, 0.25) is 0 Å². The van der Waals surface area contributed by atoms with Crippen LogP contribution in [0.2, 0.25) is 0 Å². The molecule has 3 nitrogen and oxygen atoms in total. The summed E-state index contributed by atoms with van der Waals surface area (Å²) in [7, 11) is 0. The average molecular weight is 486 g/mol. The first-order valence-electron chi connectivity index (χ1n) is 12.9. The molecule has 38 heavy (non-hydrogen) atoms. The van der Waals surface area contributed by atoms with Crippen molar-refractivity contribution in [1.82, 2.24) is 4.68 Å². The first-order valence-corrected chi connectivity index (χ1v) is 12.9. The first-order chi connectivity index (χ1) is 18.8. The summed E-state index contributed by atoms with van der Waals surface area (Å²) in [6, 6.07) is 44.4. The van der Waals surface area contributed by atoms with E-state index in [1.54, 1.807) is 0 Å². The standard InChI is InChI=1S/C35H23N3/c36-35(23-10-2-1-3-11-23)28-14-4-5-19-29(28)37-38-30-20-8-17-26-24-15-6-12-22-13-7-16-25(32(22)24)27-18-9-21-31(38)34(27)33(26)30/h1-21,36-37H. The third-order valence-corrected chi connectivity index (χ3v) is 7.79. The maximum Gasteiger partial charge on any atom is 0.0716 e. The molecule has 0 unspecified atom stereocenters. The fourth-order valence-electron chi connectivity index (χ4n) is 6.15. The molecule has 0 atom stereocenters. The van der Waals surface area contributed by atoms with Crippen LogP contribution < -0.4 is 5.43 Å². The summed E-state index contributed by atoms with van der Waals surface area (Å²) in [6.07, 6.45) is 0. The van der Waals surface area contributed by atoms with Gasteiger partial charge in [-0.3, -0.25) is 15.5 Å². The lowest BCUT2D eigenvalue weighted by molar-refractivity contribution is 1.06. The van der Waals surface area contributed by atoms with E-state index in [0.29, 0.717) is 5.71 Å². The van der Waals surface area contributed by atoms with Crippen LogP contribution >= 0.6 is 0 Å². The van der Waals surface area contributed by atoms with Crippen molar-refractivity contribution in [2.75, 3.05) is 5.43 Å². The van der Waals surface area contributed by atoms with Crippen molar-refractivity contribution in [3.05, 3.63) is 139 Å². The number of aromatic nitrogens is 1. The third-order valence-electron chi connectivity index (χ3n) is 7.79. The van der Waals surface area contributed by atoms with Crippen LogP contribution in [0, 0.1) is 5.41 Å². The van der Waals surface area contributed by atoms with Crippen molar-refractivity contribution in [2.24, 2.45) is 0 Å². The molecule has 1 aromatic heterocycles. The second kappa shape index (κ2) is 7.92. The molecule has 8 rings (SSSR count). The van der Waals surface area contributed by atoms with E-state index in [2.05, 4.69) is 89.0 Å². The smallest absolute Gasteiger partial charge is 0.0716 e. The highest BCUT2D eigenvalue weighted by Gasteiger charge is 2.24. The molecule has 0 saturated carbocycles. The maximum absolute atomic E-state index is 8.97. The highest BCUT2D eigenvalue weighted by Crippen LogP contribution is 2.48.